The third kappa shape index (κ3) is 6.77. The first kappa shape index (κ1) is 31.9. The Kier molecular flexibility index (Phi) is 10.1. The first-order valence-corrected chi connectivity index (χ1v) is 15.8. The molecule has 0 radical (unpaired) electrons. The monoisotopic (exact) mass is 598 g/mol. The number of fused-ring (bicyclic) bond motifs is 1. The summed E-state index contributed by atoms with van der Waals surface area (Å²) < 4.78 is 0. The molecule has 0 aliphatic heterocycles. The van der Waals surface area contributed by atoms with Crippen molar-refractivity contribution in [1.29, 1.82) is 5.41 Å². The van der Waals surface area contributed by atoms with E-state index in [1.54, 1.807) is 0 Å². The highest BCUT2D eigenvalue weighted by molar-refractivity contribution is 6.08. The van der Waals surface area contributed by atoms with Crippen molar-refractivity contribution in [2.24, 2.45) is 0 Å². The van der Waals surface area contributed by atoms with Crippen LogP contribution in [0.4, 0.5) is 11.4 Å². The maximum atomic E-state index is 7.84. The highest BCUT2D eigenvalue weighted by Crippen LogP contribution is 2.41. The molecule has 0 aliphatic carbocycles. The second kappa shape index (κ2) is 14.5. The van der Waals surface area contributed by atoms with E-state index in [9.17, 15) is 0 Å². The van der Waals surface area contributed by atoms with E-state index >= 15 is 0 Å². The molecule has 0 aliphatic rings. The Hall–Kier alpha value is -5.47. The van der Waals surface area contributed by atoms with Gasteiger partial charge in [-0.1, -0.05) is 135 Å². The molecule has 5 aromatic rings. The summed E-state index contributed by atoms with van der Waals surface area (Å²) in [6, 6.07) is 36.4. The zero-order valence-electron chi connectivity index (χ0n) is 27.3. The number of anilines is 2. The van der Waals surface area contributed by atoms with Crippen LogP contribution in [0.5, 0.6) is 0 Å². The van der Waals surface area contributed by atoms with Gasteiger partial charge in [-0.25, -0.2) is 0 Å². The fourth-order valence-corrected chi connectivity index (χ4v) is 6.04. The third-order valence-electron chi connectivity index (χ3n) is 8.61. The predicted octanol–water partition coefficient (Wildman–Crippen LogP) is 12.0. The number of benzene rings is 5. The van der Waals surface area contributed by atoms with Crippen molar-refractivity contribution >= 4 is 45.2 Å². The number of nitrogens with one attached hydrogen (secondary N) is 1. The van der Waals surface area contributed by atoms with Gasteiger partial charge in [0.15, 0.2) is 0 Å². The van der Waals surface area contributed by atoms with E-state index in [4.69, 9.17) is 12.0 Å². The molecule has 0 aromatic heterocycles. The SMILES string of the molecule is C=C/C=C(\C=C/Cc1cc(C)c(C)c(N(C(=C)c2ccc(/C(C=N)=C/C)cc2C)c2cccc3ccccc23)c1)c1ccccc1. The first-order valence-electron chi connectivity index (χ1n) is 15.8. The maximum absolute atomic E-state index is 7.84. The summed E-state index contributed by atoms with van der Waals surface area (Å²) in [5.74, 6) is 0. The summed E-state index contributed by atoms with van der Waals surface area (Å²) in [6.45, 7) is 17.2. The molecular weight excluding hydrogens is 556 g/mol. The van der Waals surface area contributed by atoms with E-state index in [0.29, 0.717) is 0 Å². The number of rotatable bonds is 11. The topological polar surface area (TPSA) is 27.1 Å². The molecule has 0 heterocycles. The van der Waals surface area contributed by atoms with Gasteiger partial charge >= 0.3 is 0 Å². The van der Waals surface area contributed by atoms with Crippen LogP contribution in [0.3, 0.4) is 0 Å². The fourth-order valence-electron chi connectivity index (χ4n) is 6.04. The molecule has 5 aromatic carbocycles. The minimum atomic E-state index is 0.786. The molecule has 5 rings (SSSR count). The van der Waals surface area contributed by atoms with Crippen molar-refractivity contribution in [1.82, 2.24) is 0 Å². The molecule has 0 bridgehead atoms. The van der Waals surface area contributed by atoms with Gasteiger partial charge in [0.05, 0.1) is 5.69 Å². The number of hydrogen-bond donors (Lipinski definition) is 1. The van der Waals surface area contributed by atoms with Crippen molar-refractivity contribution in [3.8, 4) is 0 Å². The normalized spacial score (nSPS) is 12.0. The molecule has 46 heavy (non-hydrogen) atoms. The third-order valence-corrected chi connectivity index (χ3v) is 8.61. The second-order valence-electron chi connectivity index (χ2n) is 11.6. The highest BCUT2D eigenvalue weighted by atomic mass is 15.2. The van der Waals surface area contributed by atoms with Crippen LogP contribution in [0, 0.1) is 26.2 Å². The van der Waals surface area contributed by atoms with Crippen LogP contribution >= 0.6 is 0 Å². The van der Waals surface area contributed by atoms with Crippen LogP contribution in [0.15, 0.2) is 147 Å². The van der Waals surface area contributed by atoms with Gasteiger partial charge < -0.3 is 10.3 Å². The van der Waals surface area contributed by atoms with Crippen molar-refractivity contribution < 1.29 is 0 Å². The summed E-state index contributed by atoms with van der Waals surface area (Å²) in [5, 5.41) is 10.2. The molecular formula is C44H42N2. The maximum Gasteiger partial charge on any atom is 0.0540 e. The average molecular weight is 599 g/mol. The molecule has 0 spiro atoms. The molecule has 0 atom stereocenters. The van der Waals surface area contributed by atoms with Crippen LogP contribution < -0.4 is 4.90 Å². The van der Waals surface area contributed by atoms with Crippen molar-refractivity contribution in [3.63, 3.8) is 0 Å². The van der Waals surface area contributed by atoms with E-state index < -0.39 is 0 Å². The van der Waals surface area contributed by atoms with Crippen LogP contribution in [-0.2, 0) is 6.42 Å². The first-order chi connectivity index (χ1) is 22.4. The standard InChI is InChI=1S/C44H42N2/c1-7-16-37(38-18-10-9-11-19-38)21-14-17-35-27-31(3)33(5)44(29-35)46(43-24-15-22-39-20-12-13-23-42(39)43)34(6)41-26-25-40(28-32(41)4)36(8-2)30-45/h7-16,18-30,45H,1,6,17H2,2-5H3/b21-14-,36-8+,37-16+,45-30?. The molecule has 0 saturated heterocycles. The Bertz CT molecular complexity index is 2000. The second-order valence-corrected chi connectivity index (χ2v) is 11.6. The molecule has 228 valence electrons. The highest BCUT2D eigenvalue weighted by Gasteiger charge is 2.21. The Balaban J connectivity index is 1.62. The Morgan fingerprint density at radius 3 is 2.22 bits per heavy atom. The van der Waals surface area contributed by atoms with E-state index in [2.05, 4.69) is 148 Å². The summed E-state index contributed by atoms with van der Waals surface area (Å²) in [7, 11) is 0. The lowest BCUT2D eigenvalue weighted by Gasteiger charge is -2.32. The summed E-state index contributed by atoms with van der Waals surface area (Å²) in [4.78, 5) is 2.33. The fraction of sp³-hybridized carbons (Fsp3) is 0.114. The number of allylic oxidation sites excluding steroid dienone is 7. The smallest absolute Gasteiger partial charge is 0.0540 e. The van der Waals surface area contributed by atoms with Crippen LogP contribution in [0.25, 0.3) is 27.6 Å². The zero-order valence-corrected chi connectivity index (χ0v) is 27.3. The molecule has 0 unspecified atom stereocenters. The molecule has 0 fully saturated rings. The van der Waals surface area contributed by atoms with E-state index in [1.165, 1.54) is 39.2 Å². The van der Waals surface area contributed by atoms with Gasteiger partial charge in [0, 0.05) is 28.5 Å². The molecule has 1 N–H and O–H groups in total. The minimum Gasteiger partial charge on any atom is -0.310 e. The zero-order chi connectivity index (χ0) is 32.6. The summed E-state index contributed by atoms with van der Waals surface area (Å²) >= 11 is 0. The lowest BCUT2D eigenvalue weighted by molar-refractivity contribution is 1.18. The Morgan fingerprint density at radius 2 is 1.50 bits per heavy atom. The van der Waals surface area contributed by atoms with Gasteiger partial charge in [0.25, 0.3) is 0 Å². The lowest BCUT2D eigenvalue weighted by Crippen LogP contribution is -2.18. The van der Waals surface area contributed by atoms with Crippen LogP contribution in [-0.4, -0.2) is 6.21 Å². The van der Waals surface area contributed by atoms with Gasteiger partial charge in [-0.15, -0.1) is 0 Å². The molecule has 0 saturated carbocycles. The van der Waals surface area contributed by atoms with Crippen LogP contribution in [0.1, 0.15) is 45.9 Å². The van der Waals surface area contributed by atoms with E-state index in [-0.39, 0.29) is 0 Å². The van der Waals surface area contributed by atoms with E-state index in [0.717, 1.165) is 51.3 Å². The lowest BCUT2D eigenvalue weighted by atomic mass is 9.95. The van der Waals surface area contributed by atoms with Gasteiger partial charge in [-0.05, 0) is 96.2 Å². The van der Waals surface area contributed by atoms with Gasteiger partial charge in [-0.2, -0.15) is 0 Å². The predicted molar refractivity (Wildman–Crippen MR) is 202 cm³/mol. The number of aryl methyl sites for hydroxylation is 2. The number of hydrogen-bond acceptors (Lipinski definition) is 2. The number of nitrogens with zero attached hydrogens (tertiary/aromatic N) is 1. The molecule has 0 amide bonds. The molecule has 2 heteroatoms. The van der Waals surface area contributed by atoms with Crippen molar-refractivity contribution in [2.75, 3.05) is 4.90 Å². The Morgan fingerprint density at radius 1 is 0.761 bits per heavy atom. The average Bonchev–Trinajstić information content (AvgIpc) is 3.07. The van der Waals surface area contributed by atoms with Crippen LogP contribution in [0.2, 0.25) is 0 Å². The van der Waals surface area contributed by atoms with Gasteiger partial charge in [0.2, 0.25) is 0 Å². The summed E-state index contributed by atoms with van der Waals surface area (Å²) in [5.41, 5.74) is 13.2. The Labute approximate surface area is 274 Å². The van der Waals surface area contributed by atoms with Crippen molar-refractivity contribution in [2.45, 2.75) is 34.1 Å². The summed E-state index contributed by atoms with van der Waals surface area (Å²) in [6.07, 6.45) is 12.5. The van der Waals surface area contributed by atoms with Gasteiger partial charge in [-0.3, -0.25) is 0 Å². The van der Waals surface area contributed by atoms with Gasteiger partial charge in [0.1, 0.15) is 0 Å². The van der Waals surface area contributed by atoms with E-state index in [1.807, 2.05) is 25.1 Å². The quantitative estimate of drug-likeness (QED) is 0.119. The largest absolute Gasteiger partial charge is 0.310 e. The van der Waals surface area contributed by atoms with Crippen molar-refractivity contribution in [3.05, 3.63) is 186 Å². The minimum absolute atomic E-state index is 0.786. The molecule has 2 nitrogen and oxygen atoms in total.